The second-order valence-corrected chi connectivity index (χ2v) is 6.39. The van der Waals surface area contributed by atoms with Crippen LogP contribution in [0.1, 0.15) is 16.8 Å². The molecular weight excluding hydrogens is 304 g/mol. The van der Waals surface area contributed by atoms with Crippen LogP contribution in [0.25, 0.3) is 11.4 Å². The first-order valence-electron chi connectivity index (χ1n) is 8.51. The molecule has 24 heavy (non-hydrogen) atoms. The summed E-state index contributed by atoms with van der Waals surface area (Å²) in [6.45, 7) is 5.90. The zero-order valence-electron chi connectivity index (χ0n) is 13.6. The molecule has 0 spiro atoms. The molecule has 0 radical (unpaired) electrons. The number of amides is 1. The Morgan fingerprint density at radius 1 is 1.21 bits per heavy atom. The molecule has 7 heteroatoms. The number of benzene rings is 1. The van der Waals surface area contributed by atoms with Crippen molar-refractivity contribution in [1.29, 1.82) is 0 Å². The number of nitrogens with zero attached hydrogens (tertiary/aromatic N) is 4. The average molecular weight is 326 g/mol. The van der Waals surface area contributed by atoms with E-state index in [-0.39, 0.29) is 5.91 Å². The van der Waals surface area contributed by atoms with Crippen molar-refractivity contribution in [3.63, 3.8) is 0 Å². The van der Waals surface area contributed by atoms with Gasteiger partial charge in [-0.15, -0.1) is 0 Å². The van der Waals surface area contributed by atoms with E-state index >= 15 is 0 Å². The maximum Gasteiger partial charge on any atom is 0.253 e. The van der Waals surface area contributed by atoms with Gasteiger partial charge in [0.1, 0.15) is 6.33 Å². The molecular formula is C17H22N6O. The number of H-pyrrole nitrogens is 1. The molecule has 2 fully saturated rings. The molecule has 2 aromatic rings. The van der Waals surface area contributed by atoms with Crippen LogP contribution in [0.2, 0.25) is 0 Å². The summed E-state index contributed by atoms with van der Waals surface area (Å²) in [5.74, 6) is 0.791. The third-order valence-corrected chi connectivity index (χ3v) is 4.92. The van der Waals surface area contributed by atoms with E-state index in [1.807, 2.05) is 29.2 Å². The number of hydrogen-bond donors (Lipinski definition) is 2. The van der Waals surface area contributed by atoms with Gasteiger partial charge in [0, 0.05) is 56.4 Å². The van der Waals surface area contributed by atoms with Gasteiger partial charge in [0.15, 0.2) is 5.82 Å². The first-order chi connectivity index (χ1) is 11.8. The first kappa shape index (κ1) is 15.3. The highest BCUT2D eigenvalue weighted by atomic mass is 16.2. The molecule has 0 bridgehead atoms. The van der Waals surface area contributed by atoms with E-state index in [0.29, 0.717) is 17.4 Å². The minimum Gasteiger partial charge on any atom is -0.337 e. The van der Waals surface area contributed by atoms with Crippen LogP contribution >= 0.6 is 0 Å². The Morgan fingerprint density at radius 2 is 2.08 bits per heavy atom. The SMILES string of the molecule is O=C(c1cccc(-c2ncn[nH]2)c1)N1CCC(N2CCNCC2)C1. The zero-order valence-corrected chi connectivity index (χ0v) is 13.6. The molecule has 7 nitrogen and oxygen atoms in total. The lowest BCUT2D eigenvalue weighted by Crippen LogP contribution is -2.49. The van der Waals surface area contributed by atoms with Crippen molar-refractivity contribution < 1.29 is 4.79 Å². The van der Waals surface area contributed by atoms with Gasteiger partial charge in [-0.05, 0) is 18.6 Å². The topological polar surface area (TPSA) is 77.2 Å². The van der Waals surface area contributed by atoms with Crippen LogP contribution < -0.4 is 5.32 Å². The average Bonchev–Trinajstić information content (AvgIpc) is 3.34. The minimum absolute atomic E-state index is 0.106. The van der Waals surface area contributed by atoms with E-state index in [4.69, 9.17) is 0 Å². The van der Waals surface area contributed by atoms with Gasteiger partial charge in [-0.3, -0.25) is 14.8 Å². The summed E-state index contributed by atoms with van der Waals surface area (Å²) in [5, 5.41) is 10.1. The van der Waals surface area contributed by atoms with Crippen molar-refractivity contribution >= 4 is 5.91 Å². The summed E-state index contributed by atoms with van der Waals surface area (Å²) in [6, 6.07) is 8.09. The molecule has 1 unspecified atom stereocenters. The van der Waals surface area contributed by atoms with Crippen LogP contribution in [-0.2, 0) is 0 Å². The second kappa shape index (κ2) is 6.70. The Balaban J connectivity index is 1.45. The highest BCUT2D eigenvalue weighted by molar-refractivity contribution is 5.95. The molecule has 2 aliphatic heterocycles. The number of aromatic nitrogens is 3. The molecule has 3 heterocycles. The Hall–Kier alpha value is -2.25. The summed E-state index contributed by atoms with van der Waals surface area (Å²) in [7, 11) is 0. The number of hydrogen-bond acceptors (Lipinski definition) is 5. The fourth-order valence-electron chi connectivity index (χ4n) is 3.60. The van der Waals surface area contributed by atoms with Gasteiger partial charge >= 0.3 is 0 Å². The van der Waals surface area contributed by atoms with Crippen LogP contribution in [0.3, 0.4) is 0 Å². The van der Waals surface area contributed by atoms with Crippen molar-refractivity contribution in [2.75, 3.05) is 39.3 Å². The van der Waals surface area contributed by atoms with Crippen molar-refractivity contribution in [2.24, 2.45) is 0 Å². The van der Waals surface area contributed by atoms with Gasteiger partial charge in [-0.1, -0.05) is 12.1 Å². The summed E-state index contributed by atoms with van der Waals surface area (Å²) in [4.78, 5) is 21.5. The number of likely N-dealkylation sites (tertiary alicyclic amines) is 1. The number of carbonyl (C=O) groups excluding carboxylic acids is 1. The van der Waals surface area contributed by atoms with Gasteiger partial charge in [0.2, 0.25) is 0 Å². The molecule has 1 aromatic carbocycles. The normalized spacial score (nSPS) is 22.0. The Morgan fingerprint density at radius 3 is 2.88 bits per heavy atom. The first-order valence-corrected chi connectivity index (χ1v) is 8.51. The van der Waals surface area contributed by atoms with Crippen molar-refractivity contribution in [3.8, 4) is 11.4 Å². The van der Waals surface area contributed by atoms with E-state index < -0.39 is 0 Å². The Labute approximate surface area is 141 Å². The smallest absolute Gasteiger partial charge is 0.253 e. The number of aromatic amines is 1. The standard InChI is InChI=1S/C17H22N6O/c24-17(14-3-1-2-13(10-14)16-19-12-20-21-16)23-7-4-15(11-23)22-8-5-18-6-9-22/h1-3,10,12,15,18H,4-9,11H2,(H,19,20,21). The van der Waals surface area contributed by atoms with E-state index in [1.165, 1.54) is 6.33 Å². The molecule has 1 aromatic heterocycles. The van der Waals surface area contributed by atoms with Crippen LogP contribution in [-0.4, -0.2) is 76.2 Å². The van der Waals surface area contributed by atoms with E-state index in [9.17, 15) is 4.79 Å². The monoisotopic (exact) mass is 326 g/mol. The van der Waals surface area contributed by atoms with Crippen LogP contribution in [0.4, 0.5) is 0 Å². The largest absolute Gasteiger partial charge is 0.337 e. The molecule has 2 saturated heterocycles. The molecule has 4 rings (SSSR count). The van der Waals surface area contributed by atoms with Crippen molar-refractivity contribution in [3.05, 3.63) is 36.2 Å². The van der Waals surface area contributed by atoms with Gasteiger partial charge in [-0.25, -0.2) is 4.98 Å². The highest BCUT2D eigenvalue weighted by Crippen LogP contribution is 2.21. The molecule has 1 amide bonds. The molecule has 2 N–H and O–H groups in total. The van der Waals surface area contributed by atoms with Crippen molar-refractivity contribution in [1.82, 2.24) is 30.3 Å². The quantitative estimate of drug-likeness (QED) is 0.863. The van der Waals surface area contributed by atoms with Crippen LogP contribution in [0.5, 0.6) is 0 Å². The number of piperazine rings is 1. The number of nitrogens with one attached hydrogen (secondary N) is 2. The van der Waals surface area contributed by atoms with Gasteiger partial charge in [0.05, 0.1) is 0 Å². The number of rotatable bonds is 3. The predicted molar refractivity (Wildman–Crippen MR) is 90.6 cm³/mol. The van der Waals surface area contributed by atoms with Gasteiger partial charge in [0.25, 0.3) is 5.91 Å². The predicted octanol–water partition coefficient (Wildman–Crippen LogP) is 0.591. The highest BCUT2D eigenvalue weighted by Gasteiger charge is 2.31. The second-order valence-electron chi connectivity index (χ2n) is 6.39. The molecule has 126 valence electrons. The minimum atomic E-state index is 0.106. The van der Waals surface area contributed by atoms with Gasteiger partial charge < -0.3 is 10.2 Å². The third kappa shape index (κ3) is 3.05. The Bertz CT molecular complexity index is 695. The van der Waals surface area contributed by atoms with Crippen LogP contribution in [0, 0.1) is 0 Å². The van der Waals surface area contributed by atoms with Crippen molar-refractivity contribution in [2.45, 2.75) is 12.5 Å². The fraction of sp³-hybridized carbons (Fsp3) is 0.471. The third-order valence-electron chi connectivity index (χ3n) is 4.92. The number of carbonyl (C=O) groups is 1. The summed E-state index contributed by atoms with van der Waals surface area (Å²) in [6.07, 6.45) is 2.54. The molecule has 0 saturated carbocycles. The Kier molecular flexibility index (Phi) is 4.27. The lowest BCUT2D eigenvalue weighted by molar-refractivity contribution is 0.0773. The van der Waals surface area contributed by atoms with Crippen LogP contribution in [0.15, 0.2) is 30.6 Å². The lowest BCUT2D eigenvalue weighted by atomic mass is 10.1. The molecule has 1 atom stereocenters. The maximum atomic E-state index is 12.8. The lowest BCUT2D eigenvalue weighted by Gasteiger charge is -2.32. The summed E-state index contributed by atoms with van der Waals surface area (Å²) in [5.41, 5.74) is 1.60. The fourth-order valence-corrected chi connectivity index (χ4v) is 3.60. The summed E-state index contributed by atoms with van der Waals surface area (Å²) < 4.78 is 0. The molecule has 0 aliphatic carbocycles. The van der Waals surface area contributed by atoms with Gasteiger partial charge in [-0.2, -0.15) is 5.10 Å². The zero-order chi connectivity index (χ0) is 16.4. The van der Waals surface area contributed by atoms with E-state index in [2.05, 4.69) is 25.4 Å². The van der Waals surface area contributed by atoms with E-state index in [1.54, 1.807) is 0 Å². The molecule has 2 aliphatic rings. The maximum absolute atomic E-state index is 12.8. The summed E-state index contributed by atoms with van der Waals surface area (Å²) >= 11 is 0. The van der Waals surface area contributed by atoms with E-state index in [0.717, 1.165) is 51.3 Å².